The van der Waals surface area contributed by atoms with Gasteiger partial charge in [-0.05, 0) is 42.8 Å². The third-order valence-corrected chi connectivity index (χ3v) is 3.90. The van der Waals surface area contributed by atoms with E-state index in [0.29, 0.717) is 35.2 Å². The summed E-state index contributed by atoms with van der Waals surface area (Å²) in [5.74, 6) is -0.00441. The first-order valence-corrected chi connectivity index (χ1v) is 8.91. The van der Waals surface area contributed by atoms with E-state index in [2.05, 4.69) is 20.4 Å². The van der Waals surface area contributed by atoms with Crippen molar-refractivity contribution in [1.29, 1.82) is 0 Å². The van der Waals surface area contributed by atoms with Crippen LogP contribution in [0, 0.1) is 0 Å². The Hall–Kier alpha value is -2.87. The number of ether oxygens (including phenoxy) is 1. The number of primary amides is 1. The Bertz CT molecular complexity index is 846. The van der Waals surface area contributed by atoms with Crippen molar-refractivity contribution in [3.05, 3.63) is 64.2 Å². The van der Waals surface area contributed by atoms with Crippen LogP contribution in [0.25, 0.3) is 0 Å². The van der Waals surface area contributed by atoms with Crippen molar-refractivity contribution in [2.24, 2.45) is 10.7 Å². The maximum absolute atomic E-state index is 12.6. The number of alkyl halides is 2. The van der Waals surface area contributed by atoms with Gasteiger partial charge < -0.3 is 21.1 Å². The fourth-order valence-electron chi connectivity index (χ4n) is 2.41. The van der Waals surface area contributed by atoms with Crippen LogP contribution in [-0.2, 0) is 13.1 Å². The zero-order chi connectivity index (χ0) is 20.5. The van der Waals surface area contributed by atoms with Gasteiger partial charge in [0.15, 0.2) is 5.96 Å². The second-order valence-corrected chi connectivity index (χ2v) is 6.18. The molecule has 2 aromatic carbocycles. The maximum atomic E-state index is 12.6. The summed E-state index contributed by atoms with van der Waals surface area (Å²) in [6.45, 7) is 0.0420. The van der Waals surface area contributed by atoms with Gasteiger partial charge in [0.2, 0.25) is 5.91 Å². The molecule has 0 bridgehead atoms. The normalized spacial score (nSPS) is 11.4. The van der Waals surface area contributed by atoms with Gasteiger partial charge >= 0.3 is 6.61 Å². The monoisotopic (exact) mass is 410 g/mol. The fraction of sp³-hybridized carbons (Fsp3) is 0.263. The van der Waals surface area contributed by atoms with Crippen molar-refractivity contribution in [3.63, 3.8) is 0 Å². The van der Waals surface area contributed by atoms with Crippen molar-refractivity contribution in [2.45, 2.75) is 26.6 Å². The molecule has 0 fully saturated rings. The van der Waals surface area contributed by atoms with E-state index in [4.69, 9.17) is 17.3 Å². The zero-order valence-electron chi connectivity index (χ0n) is 15.2. The highest BCUT2D eigenvalue weighted by molar-refractivity contribution is 6.30. The van der Waals surface area contributed by atoms with Crippen LogP contribution < -0.4 is 21.1 Å². The Morgan fingerprint density at radius 3 is 2.71 bits per heavy atom. The largest absolute Gasteiger partial charge is 0.434 e. The summed E-state index contributed by atoms with van der Waals surface area (Å²) >= 11 is 5.96. The van der Waals surface area contributed by atoms with Gasteiger partial charge in [-0.25, -0.2) is 4.99 Å². The Balaban J connectivity index is 2.11. The molecule has 28 heavy (non-hydrogen) atoms. The van der Waals surface area contributed by atoms with Crippen LogP contribution in [0.15, 0.2) is 47.5 Å². The fourth-order valence-corrected chi connectivity index (χ4v) is 2.61. The highest BCUT2D eigenvalue weighted by Crippen LogP contribution is 2.24. The number of benzene rings is 2. The molecule has 4 N–H and O–H groups in total. The molecule has 0 saturated heterocycles. The molecule has 0 spiro atoms. The molecule has 2 aromatic rings. The summed E-state index contributed by atoms with van der Waals surface area (Å²) in [6.07, 6.45) is 0. The smallest absolute Gasteiger partial charge is 0.387 e. The number of hydrogen-bond donors (Lipinski definition) is 3. The molecule has 0 radical (unpaired) electrons. The summed E-state index contributed by atoms with van der Waals surface area (Å²) in [6, 6.07) is 11.3. The first-order valence-electron chi connectivity index (χ1n) is 8.53. The number of guanidine groups is 1. The van der Waals surface area contributed by atoms with Gasteiger partial charge in [-0.15, -0.1) is 0 Å². The highest BCUT2D eigenvalue weighted by Gasteiger charge is 2.11. The van der Waals surface area contributed by atoms with Gasteiger partial charge in [-0.3, -0.25) is 4.79 Å². The number of rotatable bonds is 8. The molecular weight excluding hydrogens is 390 g/mol. The minimum Gasteiger partial charge on any atom is -0.434 e. The summed E-state index contributed by atoms with van der Waals surface area (Å²) in [5.41, 5.74) is 6.96. The Morgan fingerprint density at radius 2 is 2.04 bits per heavy atom. The van der Waals surface area contributed by atoms with Crippen LogP contribution >= 0.6 is 11.6 Å². The Labute approximate surface area is 166 Å². The maximum Gasteiger partial charge on any atom is 0.387 e. The molecular formula is C19H21ClF2N4O2. The van der Waals surface area contributed by atoms with Crippen molar-refractivity contribution < 1.29 is 18.3 Å². The molecule has 0 aliphatic heterocycles. The van der Waals surface area contributed by atoms with E-state index >= 15 is 0 Å². The number of amides is 1. The summed E-state index contributed by atoms with van der Waals surface area (Å²) in [7, 11) is 0. The molecule has 2 rings (SSSR count). The topological polar surface area (TPSA) is 88.7 Å². The van der Waals surface area contributed by atoms with Crippen molar-refractivity contribution >= 4 is 23.5 Å². The molecule has 9 heteroatoms. The predicted molar refractivity (Wildman–Crippen MR) is 105 cm³/mol. The molecule has 0 saturated carbocycles. The quantitative estimate of drug-likeness (QED) is 0.460. The zero-order valence-corrected chi connectivity index (χ0v) is 16.0. The van der Waals surface area contributed by atoms with E-state index in [1.807, 2.05) is 13.0 Å². The molecule has 150 valence electrons. The summed E-state index contributed by atoms with van der Waals surface area (Å²) in [4.78, 5) is 15.7. The van der Waals surface area contributed by atoms with Crippen molar-refractivity contribution in [2.75, 3.05) is 6.54 Å². The number of halogens is 3. The number of aliphatic imine (C=N–C) groups is 1. The van der Waals surface area contributed by atoms with E-state index in [1.54, 1.807) is 24.3 Å². The summed E-state index contributed by atoms with van der Waals surface area (Å²) in [5, 5.41) is 6.52. The minimum atomic E-state index is -2.93. The van der Waals surface area contributed by atoms with Crippen LogP contribution in [0.3, 0.4) is 0 Å². The second kappa shape index (κ2) is 10.5. The third-order valence-electron chi connectivity index (χ3n) is 3.66. The lowest BCUT2D eigenvalue weighted by Crippen LogP contribution is -2.36. The minimum absolute atomic E-state index is 0.0388. The van der Waals surface area contributed by atoms with E-state index in [1.165, 1.54) is 12.1 Å². The van der Waals surface area contributed by atoms with E-state index in [9.17, 15) is 13.6 Å². The first kappa shape index (κ1) is 21.4. The molecule has 6 nitrogen and oxygen atoms in total. The number of carbonyl (C=O) groups is 1. The number of nitrogens with zero attached hydrogens (tertiary/aromatic N) is 1. The van der Waals surface area contributed by atoms with Crippen LogP contribution in [0.5, 0.6) is 5.75 Å². The second-order valence-electron chi connectivity index (χ2n) is 5.74. The van der Waals surface area contributed by atoms with Gasteiger partial charge in [0, 0.05) is 29.2 Å². The molecule has 0 aliphatic carbocycles. The predicted octanol–water partition coefficient (Wildman–Crippen LogP) is 3.30. The van der Waals surface area contributed by atoms with Gasteiger partial charge in [-0.1, -0.05) is 23.7 Å². The number of nitrogens with one attached hydrogen (secondary N) is 2. The van der Waals surface area contributed by atoms with Crippen LogP contribution in [-0.4, -0.2) is 25.0 Å². The van der Waals surface area contributed by atoms with Crippen LogP contribution in [0.1, 0.15) is 28.4 Å². The van der Waals surface area contributed by atoms with Crippen LogP contribution in [0.2, 0.25) is 5.02 Å². The van der Waals surface area contributed by atoms with Crippen LogP contribution in [0.4, 0.5) is 8.78 Å². The van der Waals surface area contributed by atoms with Gasteiger partial charge in [0.1, 0.15) is 5.75 Å². The Morgan fingerprint density at radius 1 is 1.25 bits per heavy atom. The van der Waals surface area contributed by atoms with Gasteiger partial charge in [-0.2, -0.15) is 8.78 Å². The lowest BCUT2D eigenvalue weighted by molar-refractivity contribution is -0.0504. The highest BCUT2D eigenvalue weighted by atomic mass is 35.5. The average molecular weight is 411 g/mol. The molecule has 0 aromatic heterocycles. The van der Waals surface area contributed by atoms with Crippen molar-refractivity contribution in [1.82, 2.24) is 10.6 Å². The van der Waals surface area contributed by atoms with E-state index < -0.39 is 12.5 Å². The summed E-state index contributed by atoms with van der Waals surface area (Å²) < 4.78 is 29.7. The van der Waals surface area contributed by atoms with Gasteiger partial charge in [0.05, 0.1) is 6.54 Å². The van der Waals surface area contributed by atoms with Crippen molar-refractivity contribution in [3.8, 4) is 5.75 Å². The SMILES string of the molecule is CCNC(=NCc1cccc(C(N)=O)c1)NCc1cc(Cl)ccc1OC(F)F. The number of nitrogens with two attached hydrogens (primary N) is 1. The number of hydrogen-bond acceptors (Lipinski definition) is 3. The lowest BCUT2D eigenvalue weighted by atomic mass is 10.1. The molecule has 0 unspecified atom stereocenters. The lowest BCUT2D eigenvalue weighted by Gasteiger charge is -2.15. The Kier molecular flexibility index (Phi) is 8.01. The molecule has 0 aliphatic rings. The van der Waals surface area contributed by atoms with E-state index in [0.717, 1.165) is 5.56 Å². The first-order chi connectivity index (χ1) is 13.4. The number of carbonyl (C=O) groups excluding carboxylic acids is 1. The standard InChI is InChI=1S/C19H21ClF2N4O2/c1-2-24-19(25-10-12-4-3-5-13(8-12)17(23)27)26-11-14-9-15(20)6-7-16(14)28-18(21)22/h3-9,18H,2,10-11H2,1H3,(H2,23,27)(H2,24,25,26). The molecule has 1 amide bonds. The molecule has 0 atom stereocenters. The average Bonchev–Trinajstić information content (AvgIpc) is 2.65. The molecule has 0 heterocycles. The van der Waals surface area contributed by atoms with Gasteiger partial charge in [0.25, 0.3) is 0 Å². The van der Waals surface area contributed by atoms with E-state index in [-0.39, 0.29) is 12.3 Å². The third kappa shape index (κ3) is 6.70.